The Morgan fingerprint density at radius 1 is 1.17 bits per heavy atom. The molecule has 0 atom stereocenters. The second-order valence-electron chi connectivity index (χ2n) is 6.63. The molecule has 2 aromatic carbocycles. The van der Waals surface area contributed by atoms with Crippen LogP contribution in [0.15, 0.2) is 47.5 Å². The number of aryl methyl sites for hydroxylation is 1. The fourth-order valence-electron chi connectivity index (χ4n) is 3.33. The number of hydrogen-bond acceptors (Lipinski definition) is 6. The van der Waals surface area contributed by atoms with Crippen molar-refractivity contribution in [2.75, 3.05) is 13.7 Å². The molecular weight excluding hydrogens is 406 g/mol. The average Bonchev–Trinajstić information content (AvgIpc) is 3.04. The van der Waals surface area contributed by atoms with Crippen LogP contribution in [0.2, 0.25) is 5.02 Å². The summed E-state index contributed by atoms with van der Waals surface area (Å²) in [6.45, 7) is 1.96. The number of rotatable bonds is 4. The standard InChI is InChI=1S/C21H18ClN5O3/c1-12-25-26-18-10-23-20(14-5-3-4-6-16(14)22)15-9-13(7-8-17(15)27(12)18)21(29)24-11-19(28)30-2/h3-9H,10-11H2,1-2H3,(H,24,29). The number of aliphatic imine (C=N–C) groups is 1. The number of nitrogens with one attached hydrogen (secondary N) is 1. The molecule has 3 aromatic rings. The van der Waals surface area contributed by atoms with Gasteiger partial charge in [0.05, 0.1) is 18.5 Å². The summed E-state index contributed by atoms with van der Waals surface area (Å²) in [4.78, 5) is 28.7. The van der Waals surface area contributed by atoms with Gasteiger partial charge in [-0.15, -0.1) is 10.2 Å². The van der Waals surface area contributed by atoms with Gasteiger partial charge in [0.15, 0.2) is 5.82 Å². The van der Waals surface area contributed by atoms with E-state index in [0.29, 0.717) is 34.5 Å². The van der Waals surface area contributed by atoms with Crippen LogP contribution in [0.5, 0.6) is 0 Å². The third-order valence-electron chi connectivity index (χ3n) is 4.78. The minimum Gasteiger partial charge on any atom is -0.468 e. The monoisotopic (exact) mass is 423 g/mol. The van der Waals surface area contributed by atoms with Crippen molar-refractivity contribution in [1.29, 1.82) is 0 Å². The summed E-state index contributed by atoms with van der Waals surface area (Å²) in [6, 6.07) is 12.6. The molecular formula is C21H18ClN5O3. The molecule has 1 N–H and O–H groups in total. The number of carbonyl (C=O) groups is 2. The molecule has 0 fully saturated rings. The molecule has 0 bridgehead atoms. The summed E-state index contributed by atoms with van der Waals surface area (Å²) in [6.07, 6.45) is 0. The van der Waals surface area contributed by atoms with Crippen molar-refractivity contribution >= 4 is 29.2 Å². The van der Waals surface area contributed by atoms with E-state index >= 15 is 0 Å². The van der Waals surface area contributed by atoms with Crippen molar-refractivity contribution in [3.8, 4) is 5.69 Å². The predicted octanol–water partition coefficient (Wildman–Crippen LogP) is 2.48. The van der Waals surface area contributed by atoms with Crippen LogP contribution >= 0.6 is 11.6 Å². The van der Waals surface area contributed by atoms with Crippen molar-refractivity contribution in [2.24, 2.45) is 4.99 Å². The number of esters is 1. The third kappa shape index (κ3) is 3.57. The lowest BCUT2D eigenvalue weighted by molar-refractivity contribution is -0.139. The largest absolute Gasteiger partial charge is 0.468 e. The summed E-state index contributed by atoms with van der Waals surface area (Å²) in [5.41, 5.74) is 3.31. The Kier molecular flexibility index (Phi) is 5.33. The van der Waals surface area contributed by atoms with Crippen LogP contribution in [-0.4, -0.2) is 46.0 Å². The molecule has 1 aliphatic heterocycles. The van der Waals surface area contributed by atoms with Crippen molar-refractivity contribution in [3.05, 3.63) is 75.8 Å². The number of ether oxygens (including phenoxy) is 1. The van der Waals surface area contributed by atoms with Crippen LogP contribution in [0.3, 0.4) is 0 Å². The van der Waals surface area contributed by atoms with Gasteiger partial charge in [-0.25, -0.2) is 0 Å². The Balaban J connectivity index is 1.84. The van der Waals surface area contributed by atoms with Gasteiger partial charge < -0.3 is 10.1 Å². The summed E-state index contributed by atoms with van der Waals surface area (Å²) < 4.78 is 6.49. The maximum atomic E-state index is 12.6. The lowest BCUT2D eigenvalue weighted by Gasteiger charge is -2.15. The molecule has 1 aliphatic rings. The molecule has 2 heterocycles. The second-order valence-corrected chi connectivity index (χ2v) is 7.04. The van der Waals surface area contributed by atoms with Crippen LogP contribution in [0.1, 0.15) is 33.1 Å². The number of nitrogens with zero attached hydrogens (tertiary/aromatic N) is 4. The quantitative estimate of drug-likeness (QED) is 0.650. The number of fused-ring (bicyclic) bond motifs is 3. The van der Waals surface area contributed by atoms with Crippen molar-refractivity contribution in [3.63, 3.8) is 0 Å². The maximum absolute atomic E-state index is 12.6. The van der Waals surface area contributed by atoms with Crippen molar-refractivity contribution < 1.29 is 14.3 Å². The van der Waals surface area contributed by atoms with Gasteiger partial charge in [0, 0.05) is 21.7 Å². The highest BCUT2D eigenvalue weighted by atomic mass is 35.5. The predicted molar refractivity (Wildman–Crippen MR) is 111 cm³/mol. The molecule has 0 aliphatic carbocycles. The number of carbonyl (C=O) groups excluding carboxylic acids is 2. The normalized spacial score (nSPS) is 12.3. The van der Waals surface area contributed by atoms with E-state index in [4.69, 9.17) is 16.6 Å². The molecule has 1 aromatic heterocycles. The highest BCUT2D eigenvalue weighted by molar-refractivity contribution is 6.35. The van der Waals surface area contributed by atoms with E-state index in [2.05, 4.69) is 20.3 Å². The molecule has 0 saturated heterocycles. The van der Waals surface area contributed by atoms with Gasteiger partial charge in [-0.1, -0.05) is 29.8 Å². The van der Waals surface area contributed by atoms with Gasteiger partial charge in [0.25, 0.3) is 5.91 Å². The summed E-state index contributed by atoms with van der Waals surface area (Å²) in [5.74, 6) is 0.483. The van der Waals surface area contributed by atoms with E-state index in [1.54, 1.807) is 18.2 Å². The smallest absolute Gasteiger partial charge is 0.325 e. The van der Waals surface area contributed by atoms with Gasteiger partial charge >= 0.3 is 5.97 Å². The van der Waals surface area contributed by atoms with E-state index in [1.807, 2.05) is 35.8 Å². The minimum absolute atomic E-state index is 0.216. The number of amides is 1. The van der Waals surface area contributed by atoms with Crippen LogP contribution < -0.4 is 5.32 Å². The van der Waals surface area contributed by atoms with Crippen LogP contribution in [0.25, 0.3) is 5.69 Å². The molecule has 4 rings (SSSR count). The van der Waals surface area contributed by atoms with Crippen LogP contribution in [0, 0.1) is 6.92 Å². The number of halogens is 1. The lowest BCUT2D eigenvalue weighted by Crippen LogP contribution is -2.30. The van der Waals surface area contributed by atoms with E-state index in [-0.39, 0.29) is 6.54 Å². The van der Waals surface area contributed by atoms with Gasteiger partial charge in [-0.2, -0.15) is 0 Å². The molecule has 8 nitrogen and oxygen atoms in total. The summed E-state index contributed by atoms with van der Waals surface area (Å²) in [5, 5.41) is 11.5. The van der Waals surface area contributed by atoms with Crippen LogP contribution in [-0.2, 0) is 16.1 Å². The molecule has 30 heavy (non-hydrogen) atoms. The van der Waals surface area contributed by atoms with Gasteiger partial charge in [0.1, 0.15) is 18.9 Å². The number of methoxy groups -OCH3 is 1. The lowest BCUT2D eigenvalue weighted by atomic mass is 9.98. The SMILES string of the molecule is COC(=O)CNC(=O)c1ccc2c(c1)C(c1ccccc1Cl)=NCc1nnc(C)n1-2. The number of benzene rings is 2. The van der Waals surface area contributed by atoms with E-state index < -0.39 is 11.9 Å². The molecule has 1 amide bonds. The molecule has 0 unspecified atom stereocenters. The van der Waals surface area contributed by atoms with Gasteiger partial charge in [0.2, 0.25) is 0 Å². The van der Waals surface area contributed by atoms with Crippen molar-refractivity contribution in [2.45, 2.75) is 13.5 Å². The number of aromatic nitrogens is 3. The highest BCUT2D eigenvalue weighted by Crippen LogP contribution is 2.29. The zero-order valence-electron chi connectivity index (χ0n) is 16.3. The Morgan fingerprint density at radius 3 is 2.73 bits per heavy atom. The molecule has 0 radical (unpaired) electrons. The first-order valence-corrected chi connectivity index (χ1v) is 9.57. The van der Waals surface area contributed by atoms with Gasteiger partial charge in [-0.3, -0.25) is 19.1 Å². The topological polar surface area (TPSA) is 98.5 Å². The first-order chi connectivity index (χ1) is 14.5. The Labute approximate surface area is 177 Å². The first kappa shape index (κ1) is 19.8. The average molecular weight is 424 g/mol. The summed E-state index contributed by atoms with van der Waals surface area (Å²) in [7, 11) is 1.27. The third-order valence-corrected chi connectivity index (χ3v) is 5.10. The molecule has 0 saturated carbocycles. The maximum Gasteiger partial charge on any atom is 0.325 e. The van der Waals surface area contributed by atoms with E-state index in [0.717, 1.165) is 16.8 Å². The second kappa shape index (κ2) is 8.08. The van der Waals surface area contributed by atoms with Gasteiger partial charge in [-0.05, 0) is 31.2 Å². The minimum atomic E-state index is -0.527. The molecule has 9 heteroatoms. The highest BCUT2D eigenvalue weighted by Gasteiger charge is 2.24. The van der Waals surface area contributed by atoms with Crippen molar-refractivity contribution in [1.82, 2.24) is 20.1 Å². The Bertz CT molecular complexity index is 1190. The van der Waals surface area contributed by atoms with E-state index in [9.17, 15) is 9.59 Å². The summed E-state index contributed by atoms with van der Waals surface area (Å²) >= 11 is 6.45. The number of hydrogen-bond donors (Lipinski definition) is 1. The fraction of sp³-hybridized carbons (Fsp3) is 0.190. The van der Waals surface area contributed by atoms with Crippen LogP contribution in [0.4, 0.5) is 0 Å². The zero-order chi connectivity index (χ0) is 21.3. The fourth-order valence-corrected chi connectivity index (χ4v) is 3.55. The Hall–Kier alpha value is -3.52. The van der Waals surface area contributed by atoms with E-state index in [1.165, 1.54) is 7.11 Å². The first-order valence-electron chi connectivity index (χ1n) is 9.19. The molecule has 0 spiro atoms. The molecule has 152 valence electrons. The Morgan fingerprint density at radius 2 is 1.97 bits per heavy atom. The zero-order valence-corrected chi connectivity index (χ0v) is 17.1.